The van der Waals surface area contributed by atoms with Crippen molar-refractivity contribution in [1.82, 2.24) is 5.32 Å². The lowest BCUT2D eigenvalue weighted by Crippen LogP contribution is -2.43. The van der Waals surface area contributed by atoms with Crippen molar-refractivity contribution in [2.24, 2.45) is 5.73 Å². The molecule has 1 saturated heterocycles. The molecule has 4 N–H and O–H groups in total. The van der Waals surface area contributed by atoms with E-state index in [0.29, 0.717) is 6.54 Å². The zero-order chi connectivity index (χ0) is 11.4. The Kier molecular flexibility index (Phi) is 3.59. The average Bonchev–Trinajstić information content (AvgIpc) is 2.30. The summed E-state index contributed by atoms with van der Waals surface area (Å²) in [6.07, 6.45) is 2.43. The molecule has 1 aliphatic heterocycles. The van der Waals surface area contributed by atoms with Crippen molar-refractivity contribution in [1.29, 1.82) is 0 Å². The van der Waals surface area contributed by atoms with E-state index in [4.69, 9.17) is 5.73 Å². The van der Waals surface area contributed by atoms with Crippen LogP contribution in [-0.4, -0.2) is 23.8 Å². The monoisotopic (exact) mass is 220 g/mol. The predicted molar refractivity (Wildman–Crippen MR) is 65.1 cm³/mol. The summed E-state index contributed by atoms with van der Waals surface area (Å²) < 4.78 is 0. The third-order valence-corrected chi connectivity index (χ3v) is 3.33. The van der Waals surface area contributed by atoms with Gasteiger partial charge in [-0.05, 0) is 37.1 Å². The Morgan fingerprint density at radius 2 is 1.69 bits per heavy atom. The Bertz CT molecular complexity index is 328. The Morgan fingerprint density at radius 1 is 1.12 bits per heavy atom. The van der Waals surface area contributed by atoms with Crippen LogP contribution < -0.4 is 11.1 Å². The van der Waals surface area contributed by atoms with Gasteiger partial charge < -0.3 is 16.2 Å². The standard InChI is InChI=1S/C13H20N2O/c14-10-12-3-1-11(2-4-12)9-13(16)5-7-15-8-6-13/h1-4,15-16H,5-10,14H2. The van der Waals surface area contributed by atoms with Gasteiger partial charge in [-0.3, -0.25) is 0 Å². The summed E-state index contributed by atoms with van der Waals surface area (Å²) in [5, 5.41) is 13.7. The van der Waals surface area contributed by atoms with E-state index in [0.717, 1.165) is 37.9 Å². The second-order valence-corrected chi connectivity index (χ2v) is 4.67. The number of aliphatic hydroxyl groups is 1. The number of nitrogens with one attached hydrogen (secondary N) is 1. The van der Waals surface area contributed by atoms with Gasteiger partial charge in [0.05, 0.1) is 5.60 Å². The third-order valence-electron chi connectivity index (χ3n) is 3.33. The molecule has 1 fully saturated rings. The highest BCUT2D eigenvalue weighted by atomic mass is 16.3. The molecule has 0 saturated carbocycles. The molecule has 16 heavy (non-hydrogen) atoms. The lowest BCUT2D eigenvalue weighted by Gasteiger charge is -2.32. The molecule has 1 aliphatic rings. The minimum Gasteiger partial charge on any atom is -0.389 e. The zero-order valence-corrected chi connectivity index (χ0v) is 9.58. The fourth-order valence-corrected chi connectivity index (χ4v) is 2.24. The minimum absolute atomic E-state index is 0.518. The summed E-state index contributed by atoms with van der Waals surface area (Å²) in [5.41, 5.74) is 7.37. The second kappa shape index (κ2) is 4.95. The largest absolute Gasteiger partial charge is 0.389 e. The summed E-state index contributed by atoms with van der Waals surface area (Å²) >= 11 is 0. The van der Waals surface area contributed by atoms with Crippen LogP contribution in [0.2, 0.25) is 0 Å². The smallest absolute Gasteiger partial charge is 0.0712 e. The minimum atomic E-state index is -0.518. The van der Waals surface area contributed by atoms with Crippen LogP contribution in [0.1, 0.15) is 24.0 Å². The van der Waals surface area contributed by atoms with Crippen molar-refractivity contribution >= 4 is 0 Å². The molecule has 0 amide bonds. The first-order chi connectivity index (χ1) is 7.72. The number of nitrogens with two attached hydrogens (primary N) is 1. The first kappa shape index (κ1) is 11.6. The van der Waals surface area contributed by atoms with E-state index < -0.39 is 5.60 Å². The van der Waals surface area contributed by atoms with Gasteiger partial charge in [-0.15, -0.1) is 0 Å². The molecule has 0 radical (unpaired) electrons. The zero-order valence-electron chi connectivity index (χ0n) is 9.58. The number of piperidine rings is 1. The molecule has 3 nitrogen and oxygen atoms in total. The number of rotatable bonds is 3. The SMILES string of the molecule is NCc1ccc(CC2(O)CCNCC2)cc1. The number of benzene rings is 1. The van der Waals surface area contributed by atoms with E-state index in [1.807, 2.05) is 12.1 Å². The summed E-state index contributed by atoms with van der Waals surface area (Å²) in [6.45, 7) is 2.41. The Hall–Kier alpha value is -0.900. The van der Waals surface area contributed by atoms with Gasteiger partial charge in [0.1, 0.15) is 0 Å². The molecule has 1 aromatic carbocycles. The van der Waals surface area contributed by atoms with Crippen molar-refractivity contribution in [2.45, 2.75) is 31.4 Å². The van der Waals surface area contributed by atoms with Gasteiger partial charge in [0, 0.05) is 13.0 Å². The second-order valence-electron chi connectivity index (χ2n) is 4.67. The van der Waals surface area contributed by atoms with E-state index in [-0.39, 0.29) is 0 Å². The lowest BCUT2D eigenvalue weighted by molar-refractivity contribution is 0.0109. The molecule has 0 bridgehead atoms. The summed E-state index contributed by atoms with van der Waals surface area (Å²) in [5.74, 6) is 0. The van der Waals surface area contributed by atoms with Crippen LogP contribution in [0.15, 0.2) is 24.3 Å². The van der Waals surface area contributed by atoms with Gasteiger partial charge in [-0.2, -0.15) is 0 Å². The van der Waals surface area contributed by atoms with Crippen LogP contribution in [0.25, 0.3) is 0 Å². The molecule has 88 valence electrons. The molecular formula is C13H20N2O. The summed E-state index contributed by atoms with van der Waals surface area (Å²) in [4.78, 5) is 0. The van der Waals surface area contributed by atoms with Crippen molar-refractivity contribution in [2.75, 3.05) is 13.1 Å². The van der Waals surface area contributed by atoms with E-state index >= 15 is 0 Å². The van der Waals surface area contributed by atoms with Crippen molar-refractivity contribution in [3.8, 4) is 0 Å². The first-order valence-corrected chi connectivity index (χ1v) is 5.93. The number of hydrogen-bond donors (Lipinski definition) is 3. The fourth-order valence-electron chi connectivity index (χ4n) is 2.24. The molecular weight excluding hydrogens is 200 g/mol. The molecule has 1 heterocycles. The Balaban J connectivity index is 2.01. The third kappa shape index (κ3) is 2.82. The van der Waals surface area contributed by atoms with E-state index in [1.165, 1.54) is 5.56 Å². The van der Waals surface area contributed by atoms with Crippen LogP contribution in [0, 0.1) is 0 Å². The van der Waals surface area contributed by atoms with E-state index in [1.54, 1.807) is 0 Å². The average molecular weight is 220 g/mol. The summed E-state index contributed by atoms with van der Waals surface area (Å²) in [6, 6.07) is 8.23. The van der Waals surface area contributed by atoms with Crippen LogP contribution in [0.5, 0.6) is 0 Å². The molecule has 0 atom stereocenters. The predicted octanol–water partition coefficient (Wildman–Crippen LogP) is 0.802. The van der Waals surface area contributed by atoms with Gasteiger partial charge in [-0.25, -0.2) is 0 Å². The van der Waals surface area contributed by atoms with Crippen LogP contribution >= 0.6 is 0 Å². The molecule has 2 rings (SSSR count). The highest BCUT2D eigenvalue weighted by molar-refractivity contribution is 5.23. The molecule has 3 heteroatoms. The van der Waals surface area contributed by atoms with E-state index in [9.17, 15) is 5.11 Å². The van der Waals surface area contributed by atoms with Crippen molar-refractivity contribution in [3.63, 3.8) is 0 Å². The quantitative estimate of drug-likeness (QED) is 0.706. The maximum atomic E-state index is 10.4. The van der Waals surface area contributed by atoms with Gasteiger partial charge in [-0.1, -0.05) is 24.3 Å². The molecule has 1 aromatic rings. The van der Waals surface area contributed by atoms with Crippen LogP contribution in [-0.2, 0) is 13.0 Å². The van der Waals surface area contributed by atoms with Crippen molar-refractivity contribution < 1.29 is 5.11 Å². The van der Waals surface area contributed by atoms with Gasteiger partial charge in [0.2, 0.25) is 0 Å². The highest BCUT2D eigenvalue weighted by Gasteiger charge is 2.28. The van der Waals surface area contributed by atoms with E-state index in [2.05, 4.69) is 17.4 Å². The van der Waals surface area contributed by atoms with Crippen LogP contribution in [0.3, 0.4) is 0 Å². The van der Waals surface area contributed by atoms with Gasteiger partial charge >= 0.3 is 0 Å². The Labute approximate surface area is 96.7 Å². The molecule has 0 spiro atoms. The normalized spacial score (nSPS) is 19.6. The maximum Gasteiger partial charge on any atom is 0.0712 e. The van der Waals surface area contributed by atoms with Crippen molar-refractivity contribution in [3.05, 3.63) is 35.4 Å². The van der Waals surface area contributed by atoms with Gasteiger partial charge in [0.15, 0.2) is 0 Å². The number of hydrogen-bond acceptors (Lipinski definition) is 3. The lowest BCUT2D eigenvalue weighted by atomic mass is 9.86. The van der Waals surface area contributed by atoms with Gasteiger partial charge in [0.25, 0.3) is 0 Å². The molecule has 0 aliphatic carbocycles. The fraction of sp³-hybridized carbons (Fsp3) is 0.538. The molecule has 0 unspecified atom stereocenters. The summed E-state index contributed by atoms with van der Waals surface area (Å²) in [7, 11) is 0. The van der Waals surface area contributed by atoms with Crippen LogP contribution in [0.4, 0.5) is 0 Å². The highest BCUT2D eigenvalue weighted by Crippen LogP contribution is 2.23. The Morgan fingerprint density at radius 3 is 2.25 bits per heavy atom. The topological polar surface area (TPSA) is 58.3 Å². The molecule has 0 aromatic heterocycles. The first-order valence-electron chi connectivity index (χ1n) is 5.93. The maximum absolute atomic E-state index is 10.4.